The lowest BCUT2D eigenvalue weighted by Gasteiger charge is -2.24. The Hall–Kier alpha value is -3.41. The molecule has 0 fully saturated rings. The summed E-state index contributed by atoms with van der Waals surface area (Å²) in [6.45, 7) is 0.129. The molecule has 1 amide bonds. The number of carbonyl (C=O) groups is 1. The zero-order chi connectivity index (χ0) is 27.9. The number of alkyl halides is 3. The molecule has 1 aliphatic heterocycles. The van der Waals surface area contributed by atoms with Crippen LogP contribution >= 0.6 is 15.9 Å². The van der Waals surface area contributed by atoms with E-state index >= 15 is 0 Å². The van der Waals surface area contributed by atoms with Gasteiger partial charge in [-0.05, 0) is 53.6 Å². The molecule has 11 heteroatoms. The van der Waals surface area contributed by atoms with Gasteiger partial charge in [-0.25, -0.2) is 10.4 Å². The van der Waals surface area contributed by atoms with Crippen molar-refractivity contribution in [3.63, 3.8) is 0 Å². The van der Waals surface area contributed by atoms with E-state index < -0.39 is 23.2 Å². The molecule has 39 heavy (non-hydrogen) atoms. The van der Waals surface area contributed by atoms with Crippen LogP contribution in [0.5, 0.6) is 5.75 Å². The number of carbonyl (C=O) groups excluding carboxylic acids is 1. The van der Waals surface area contributed by atoms with Crippen molar-refractivity contribution in [1.29, 1.82) is 0 Å². The van der Waals surface area contributed by atoms with Gasteiger partial charge < -0.3 is 14.6 Å². The van der Waals surface area contributed by atoms with E-state index in [1.165, 1.54) is 18.2 Å². The summed E-state index contributed by atoms with van der Waals surface area (Å²) in [4.78, 5) is 18.1. The first kappa shape index (κ1) is 28.6. The summed E-state index contributed by atoms with van der Waals surface area (Å²) < 4.78 is 52.3. The van der Waals surface area contributed by atoms with Gasteiger partial charge in [0.05, 0.1) is 12.2 Å². The van der Waals surface area contributed by atoms with Crippen molar-refractivity contribution in [1.82, 2.24) is 10.9 Å². The van der Waals surface area contributed by atoms with Gasteiger partial charge in [-0.2, -0.15) is 13.2 Å². The SMILES string of the molecule is O=C(NNCc1ccccc1C(F)(F)F)[C@]1(Cc2ccc(Br)cc2)COC(c2ccc(OCCCO)cc2)=N1. The van der Waals surface area contributed by atoms with E-state index in [1.807, 2.05) is 24.3 Å². The minimum atomic E-state index is -4.51. The first-order chi connectivity index (χ1) is 18.7. The second-order valence-corrected chi connectivity index (χ2v) is 9.87. The van der Waals surface area contributed by atoms with Gasteiger partial charge in [-0.15, -0.1) is 0 Å². The average molecular weight is 606 g/mol. The number of halogens is 4. The predicted octanol–water partition coefficient (Wildman–Crippen LogP) is 4.81. The average Bonchev–Trinajstić information content (AvgIpc) is 3.35. The Balaban J connectivity index is 1.52. The molecular weight excluding hydrogens is 579 g/mol. The molecule has 1 atom stereocenters. The summed E-state index contributed by atoms with van der Waals surface area (Å²) in [5.74, 6) is 0.355. The van der Waals surface area contributed by atoms with Gasteiger partial charge in [-0.1, -0.05) is 46.3 Å². The lowest BCUT2D eigenvalue weighted by atomic mass is 9.91. The van der Waals surface area contributed by atoms with Crippen LogP contribution in [-0.4, -0.2) is 42.3 Å². The molecule has 206 valence electrons. The van der Waals surface area contributed by atoms with Crippen molar-refractivity contribution in [2.75, 3.05) is 19.8 Å². The lowest BCUT2D eigenvalue weighted by molar-refractivity contribution is -0.138. The minimum absolute atomic E-state index is 0.000388. The summed E-state index contributed by atoms with van der Waals surface area (Å²) in [7, 11) is 0. The van der Waals surface area contributed by atoms with Crippen LogP contribution in [0.15, 0.2) is 82.3 Å². The molecule has 0 aromatic heterocycles. The molecule has 7 nitrogen and oxygen atoms in total. The molecule has 0 spiro atoms. The van der Waals surface area contributed by atoms with Crippen molar-refractivity contribution >= 4 is 27.7 Å². The van der Waals surface area contributed by atoms with Crippen molar-refractivity contribution in [3.05, 3.63) is 99.5 Å². The zero-order valence-electron chi connectivity index (χ0n) is 20.8. The van der Waals surface area contributed by atoms with Crippen LogP contribution in [0.1, 0.15) is 28.7 Å². The molecule has 3 aromatic rings. The fourth-order valence-corrected chi connectivity index (χ4v) is 4.32. The number of hydrogen-bond acceptors (Lipinski definition) is 6. The number of nitrogens with one attached hydrogen (secondary N) is 2. The van der Waals surface area contributed by atoms with Crippen molar-refractivity contribution < 1.29 is 32.5 Å². The molecule has 0 radical (unpaired) electrons. The van der Waals surface area contributed by atoms with Crippen molar-refractivity contribution in [2.24, 2.45) is 4.99 Å². The Labute approximate surface area is 232 Å². The molecule has 4 rings (SSSR count). The van der Waals surface area contributed by atoms with Gasteiger partial charge in [-0.3, -0.25) is 10.2 Å². The number of hydrogen-bond donors (Lipinski definition) is 3. The smallest absolute Gasteiger partial charge is 0.416 e. The van der Waals surface area contributed by atoms with E-state index in [0.717, 1.165) is 16.1 Å². The van der Waals surface area contributed by atoms with Crippen LogP contribution in [0.25, 0.3) is 0 Å². The van der Waals surface area contributed by atoms with Crippen LogP contribution in [0.4, 0.5) is 13.2 Å². The number of hydrazine groups is 1. The van der Waals surface area contributed by atoms with Crippen LogP contribution < -0.4 is 15.6 Å². The van der Waals surface area contributed by atoms with E-state index in [4.69, 9.17) is 14.6 Å². The minimum Gasteiger partial charge on any atom is -0.494 e. The molecule has 0 saturated carbocycles. The Bertz CT molecular complexity index is 1300. The van der Waals surface area contributed by atoms with Crippen LogP contribution in [0.2, 0.25) is 0 Å². The molecule has 1 heterocycles. The summed E-state index contributed by atoms with van der Waals surface area (Å²) in [6, 6.07) is 19.6. The maximum atomic E-state index is 13.5. The van der Waals surface area contributed by atoms with Gasteiger partial charge in [0.15, 0.2) is 5.54 Å². The molecule has 0 aliphatic carbocycles. The van der Waals surface area contributed by atoms with E-state index in [1.54, 1.807) is 24.3 Å². The maximum absolute atomic E-state index is 13.5. The first-order valence-electron chi connectivity index (χ1n) is 12.2. The Morgan fingerprint density at radius 2 is 1.79 bits per heavy atom. The van der Waals surface area contributed by atoms with Crippen molar-refractivity contribution in [3.8, 4) is 5.75 Å². The lowest BCUT2D eigenvalue weighted by Crippen LogP contribution is -2.52. The highest BCUT2D eigenvalue weighted by Crippen LogP contribution is 2.32. The third kappa shape index (κ3) is 7.37. The quantitative estimate of drug-likeness (QED) is 0.215. The Morgan fingerprint density at radius 3 is 2.49 bits per heavy atom. The maximum Gasteiger partial charge on any atom is 0.416 e. The molecule has 0 bridgehead atoms. The molecule has 1 aliphatic rings. The van der Waals surface area contributed by atoms with Gasteiger partial charge in [0.1, 0.15) is 12.4 Å². The highest BCUT2D eigenvalue weighted by molar-refractivity contribution is 9.10. The number of benzene rings is 3. The Kier molecular flexibility index (Phi) is 9.26. The molecular formula is C28H27BrF3N3O4. The number of amides is 1. The fourth-order valence-electron chi connectivity index (χ4n) is 4.06. The third-order valence-corrected chi connectivity index (χ3v) is 6.60. The van der Waals surface area contributed by atoms with Gasteiger partial charge in [0, 0.05) is 36.0 Å². The second-order valence-electron chi connectivity index (χ2n) is 8.95. The summed E-state index contributed by atoms with van der Waals surface area (Å²) >= 11 is 3.40. The number of aliphatic imine (C=N–C) groups is 1. The number of aliphatic hydroxyl groups is 1. The van der Waals surface area contributed by atoms with Gasteiger partial charge in [0.25, 0.3) is 5.91 Å². The highest BCUT2D eigenvalue weighted by Gasteiger charge is 2.44. The first-order valence-corrected chi connectivity index (χ1v) is 13.0. The summed E-state index contributed by atoms with van der Waals surface area (Å²) in [5, 5.41) is 8.90. The van der Waals surface area contributed by atoms with E-state index in [0.29, 0.717) is 24.3 Å². The van der Waals surface area contributed by atoms with E-state index in [2.05, 4.69) is 31.8 Å². The van der Waals surface area contributed by atoms with Crippen molar-refractivity contribution in [2.45, 2.75) is 31.1 Å². The second kappa shape index (κ2) is 12.6. The normalized spacial score (nSPS) is 16.9. The molecule has 0 unspecified atom stereocenters. The topological polar surface area (TPSA) is 92.2 Å². The number of rotatable bonds is 11. The fraction of sp³-hybridized carbons (Fsp3) is 0.286. The number of ether oxygens (including phenoxy) is 2. The van der Waals surface area contributed by atoms with Gasteiger partial charge >= 0.3 is 6.18 Å². The third-order valence-electron chi connectivity index (χ3n) is 6.07. The number of aliphatic hydroxyl groups excluding tert-OH is 1. The Morgan fingerprint density at radius 1 is 1.08 bits per heavy atom. The molecule has 3 N–H and O–H groups in total. The van der Waals surface area contributed by atoms with Gasteiger partial charge in [0.2, 0.25) is 5.90 Å². The zero-order valence-corrected chi connectivity index (χ0v) is 22.4. The van der Waals surface area contributed by atoms with Crippen LogP contribution in [0.3, 0.4) is 0 Å². The predicted molar refractivity (Wildman–Crippen MR) is 143 cm³/mol. The monoisotopic (exact) mass is 605 g/mol. The summed E-state index contributed by atoms with van der Waals surface area (Å²) in [5.41, 5.74) is 4.52. The van der Waals surface area contributed by atoms with E-state index in [-0.39, 0.29) is 37.6 Å². The standard InChI is InChI=1S/C28H27BrF3N3O4/c29-22-10-6-19(7-11-22)16-27(26(37)35-33-17-21-4-1-2-5-24(21)28(30,31)32)18-39-25(34-27)20-8-12-23(13-9-20)38-15-3-14-36/h1-2,4-13,33,36H,3,14-18H2,(H,35,37)/t27-/m0/s1. The van der Waals surface area contributed by atoms with E-state index in [9.17, 15) is 18.0 Å². The largest absolute Gasteiger partial charge is 0.494 e. The number of nitrogens with zero attached hydrogens (tertiary/aromatic N) is 1. The van der Waals surface area contributed by atoms with Crippen LogP contribution in [0, 0.1) is 0 Å². The molecule has 0 saturated heterocycles. The van der Waals surface area contributed by atoms with Crippen LogP contribution in [-0.2, 0) is 28.7 Å². The molecule has 3 aromatic carbocycles. The summed E-state index contributed by atoms with van der Waals surface area (Å²) in [6.07, 6.45) is -3.79. The highest BCUT2D eigenvalue weighted by atomic mass is 79.9.